The zero-order chi connectivity index (χ0) is 24.4. The summed E-state index contributed by atoms with van der Waals surface area (Å²) in [5, 5.41) is 0. The van der Waals surface area contributed by atoms with Gasteiger partial charge in [-0.25, -0.2) is 0 Å². The predicted octanol–water partition coefficient (Wildman–Crippen LogP) is 10.8. The first-order valence-corrected chi connectivity index (χ1v) is 16.3. The molecule has 2 saturated carbocycles. The van der Waals surface area contributed by atoms with Gasteiger partial charge in [0, 0.05) is 6.04 Å². The molecule has 1 heteroatoms. The fourth-order valence-electron chi connectivity index (χ4n) is 6.62. The zero-order valence-electron chi connectivity index (χ0n) is 24.3. The van der Waals surface area contributed by atoms with Gasteiger partial charge in [-0.15, -0.1) is 0 Å². The van der Waals surface area contributed by atoms with E-state index in [1.165, 1.54) is 122 Å². The van der Waals surface area contributed by atoms with Crippen molar-refractivity contribution in [2.45, 2.75) is 174 Å². The molecule has 2 fully saturated rings. The molecule has 0 radical (unpaired) electrons. The normalized spacial score (nSPS) is 24.6. The van der Waals surface area contributed by atoms with Crippen LogP contribution in [-0.4, -0.2) is 25.0 Å². The molecule has 2 aliphatic carbocycles. The second-order valence-electron chi connectivity index (χ2n) is 12.8. The van der Waals surface area contributed by atoms with Crippen molar-refractivity contribution in [1.82, 2.24) is 4.90 Å². The Bertz CT molecular complexity index is 457. The van der Waals surface area contributed by atoms with E-state index in [-0.39, 0.29) is 0 Å². The van der Waals surface area contributed by atoms with Gasteiger partial charge in [-0.05, 0) is 69.9 Å². The van der Waals surface area contributed by atoms with E-state index >= 15 is 0 Å². The van der Waals surface area contributed by atoms with Crippen LogP contribution in [0.15, 0.2) is 0 Å². The van der Waals surface area contributed by atoms with Crippen molar-refractivity contribution in [3.8, 4) is 0 Å². The quantitative estimate of drug-likeness (QED) is 0.119. The molecule has 34 heavy (non-hydrogen) atoms. The standard InChI is InChI=1S/C33H65N/c1-5-7-9-10-12-16-20-24-33(34(3)4)25-21-17-14-11-13-15-19-23-30-27-32(30)28-31-26-29(31)22-18-8-6-2/h29-33H,5-28H2,1-4H3. The summed E-state index contributed by atoms with van der Waals surface area (Å²) >= 11 is 0. The molecular weight excluding hydrogens is 410 g/mol. The minimum Gasteiger partial charge on any atom is -0.306 e. The van der Waals surface area contributed by atoms with Gasteiger partial charge in [0.25, 0.3) is 0 Å². The number of rotatable bonds is 25. The maximum absolute atomic E-state index is 2.50. The van der Waals surface area contributed by atoms with Gasteiger partial charge in [0.05, 0.1) is 0 Å². The SMILES string of the molecule is CCCCCCCCCC(CCCCCCCCCC1CC1CC1CC1CCCCC)N(C)C. The van der Waals surface area contributed by atoms with Crippen LogP contribution in [0.4, 0.5) is 0 Å². The van der Waals surface area contributed by atoms with Gasteiger partial charge in [0.15, 0.2) is 0 Å². The molecule has 0 heterocycles. The highest BCUT2D eigenvalue weighted by atomic mass is 15.1. The largest absolute Gasteiger partial charge is 0.306 e. The van der Waals surface area contributed by atoms with Crippen LogP contribution in [0.2, 0.25) is 0 Å². The summed E-state index contributed by atoms with van der Waals surface area (Å²) in [5.74, 6) is 4.57. The molecule has 2 aliphatic rings. The molecule has 5 atom stereocenters. The molecule has 0 aromatic heterocycles. The van der Waals surface area contributed by atoms with Crippen molar-refractivity contribution < 1.29 is 0 Å². The lowest BCUT2D eigenvalue weighted by Crippen LogP contribution is -2.27. The molecule has 0 aliphatic heterocycles. The number of hydrogen-bond donors (Lipinski definition) is 0. The summed E-state index contributed by atoms with van der Waals surface area (Å²) in [7, 11) is 4.60. The summed E-state index contributed by atoms with van der Waals surface area (Å²) in [4.78, 5) is 2.50. The lowest BCUT2D eigenvalue weighted by molar-refractivity contribution is 0.251. The fraction of sp³-hybridized carbons (Fsp3) is 1.00. The number of nitrogens with zero attached hydrogens (tertiary/aromatic N) is 1. The number of unbranched alkanes of at least 4 members (excludes halogenated alkanes) is 14. The smallest absolute Gasteiger partial charge is 0.00891 e. The van der Waals surface area contributed by atoms with Gasteiger partial charge < -0.3 is 4.90 Å². The van der Waals surface area contributed by atoms with E-state index in [4.69, 9.17) is 0 Å². The van der Waals surface area contributed by atoms with Gasteiger partial charge in [0.2, 0.25) is 0 Å². The summed E-state index contributed by atoms with van der Waals surface area (Å²) in [5.41, 5.74) is 0. The van der Waals surface area contributed by atoms with Crippen molar-refractivity contribution in [2.75, 3.05) is 14.1 Å². The Morgan fingerprint density at radius 1 is 0.500 bits per heavy atom. The summed E-state index contributed by atoms with van der Waals surface area (Å²) in [6.45, 7) is 4.64. The van der Waals surface area contributed by atoms with Crippen molar-refractivity contribution in [3.63, 3.8) is 0 Å². The van der Waals surface area contributed by atoms with Gasteiger partial charge in [0.1, 0.15) is 0 Å². The second-order valence-corrected chi connectivity index (χ2v) is 12.8. The molecule has 0 aromatic carbocycles. The van der Waals surface area contributed by atoms with E-state index in [0.717, 1.165) is 29.7 Å². The molecule has 0 bridgehead atoms. The van der Waals surface area contributed by atoms with E-state index in [1.807, 2.05) is 0 Å². The van der Waals surface area contributed by atoms with Crippen molar-refractivity contribution >= 4 is 0 Å². The number of hydrogen-bond acceptors (Lipinski definition) is 1. The third kappa shape index (κ3) is 14.5. The summed E-state index contributed by atoms with van der Waals surface area (Å²) < 4.78 is 0. The predicted molar refractivity (Wildman–Crippen MR) is 154 cm³/mol. The van der Waals surface area contributed by atoms with Crippen molar-refractivity contribution in [1.29, 1.82) is 0 Å². The van der Waals surface area contributed by atoms with E-state index in [2.05, 4.69) is 32.8 Å². The molecule has 0 amide bonds. The Labute approximate surface area is 216 Å². The molecule has 202 valence electrons. The maximum atomic E-state index is 2.50. The molecule has 5 unspecified atom stereocenters. The Morgan fingerprint density at radius 3 is 1.35 bits per heavy atom. The van der Waals surface area contributed by atoms with Gasteiger partial charge in [-0.3, -0.25) is 0 Å². The van der Waals surface area contributed by atoms with E-state index < -0.39 is 0 Å². The Morgan fingerprint density at radius 2 is 0.882 bits per heavy atom. The highest BCUT2D eigenvalue weighted by Crippen LogP contribution is 2.54. The highest BCUT2D eigenvalue weighted by molar-refractivity contribution is 4.94. The van der Waals surface area contributed by atoms with Crippen LogP contribution in [0.5, 0.6) is 0 Å². The molecular formula is C33H65N. The van der Waals surface area contributed by atoms with Crippen LogP contribution < -0.4 is 0 Å². The van der Waals surface area contributed by atoms with E-state index in [9.17, 15) is 0 Å². The van der Waals surface area contributed by atoms with Crippen LogP contribution >= 0.6 is 0 Å². The Hall–Kier alpha value is -0.0400. The zero-order valence-corrected chi connectivity index (χ0v) is 24.3. The van der Waals surface area contributed by atoms with Crippen LogP contribution in [0.3, 0.4) is 0 Å². The topological polar surface area (TPSA) is 3.24 Å². The van der Waals surface area contributed by atoms with Crippen LogP contribution in [0.25, 0.3) is 0 Å². The lowest BCUT2D eigenvalue weighted by Gasteiger charge is -2.24. The monoisotopic (exact) mass is 476 g/mol. The average Bonchev–Trinajstić information content (AvgIpc) is 3.74. The Kier molecular flexibility index (Phi) is 17.0. The average molecular weight is 476 g/mol. The fourth-order valence-corrected chi connectivity index (χ4v) is 6.62. The van der Waals surface area contributed by atoms with Gasteiger partial charge in [-0.2, -0.15) is 0 Å². The van der Waals surface area contributed by atoms with E-state index in [1.54, 1.807) is 32.1 Å². The van der Waals surface area contributed by atoms with Crippen LogP contribution in [0, 0.1) is 23.7 Å². The minimum atomic E-state index is 0.824. The highest BCUT2D eigenvalue weighted by Gasteiger charge is 2.44. The van der Waals surface area contributed by atoms with Gasteiger partial charge in [-0.1, -0.05) is 136 Å². The summed E-state index contributed by atoms with van der Waals surface area (Å²) in [6.07, 6.45) is 35.5. The first-order valence-electron chi connectivity index (χ1n) is 16.3. The molecule has 0 aromatic rings. The minimum absolute atomic E-state index is 0.824. The molecule has 2 rings (SSSR count). The van der Waals surface area contributed by atoms with Crippen LogP contribution in [0.1, 0.15) is 168 Å². The molecule has 0 spiro atoms. The van der Waals surface area contributed by atoms with Gasteiger partial charge >= 0.3 is 0 Å². The Balaban J connectivity index is 1.33. The van der Waals surface area contributed by atoms with E-state index in [0.29, 0.717) is 0 Å². The first kappa shape index (κ1) is 30.2. The molecule has 0 N–H and O–H groups in total. The van der Waals surface area contributed by atoms with Crippen molar-refractivity contribution in [2.24, 2.45) is 23.7 Å². The first-order chi connectivity index (χ1) is 16.7. The lowest BCUT2D eigenvalue weighted by atomic mass is 9.99. The third-order valence-electron chi connectivity index (χ3n) is 9.41. The maximum Gasteiger partial charge on any atom is 0.00891 e. The van der Waals surface area contributed by atoms with Crippen LogP contribution in [-0.2, 0) is 0 Å². The molecule has 0 saturated heterocycles. The molecule has 1 nitrogen and oxygen atoms in total. The van der Waals surface area contributed by atoms with Crippen molar-refractivity contribution in [3.05, 3.63) is 0 Å². The third-order valence-corrected chi connectivity index (χ3v) is 9.41. The second kappa shape index (κ2) is 19.1. The summed E-state index contributed by atoms with van der Waals surface area (Å²) in [6, 6.07) is 0.824.